The number of rotatable bonds is 4. The number of fused-ring (bicyclic) bond motifs is 13. The molecule has 4 heterocycles. The van der Waals surface area contributed by atoms with E-state index in [-0.39, 0.29) is 0 Å². The highest BCUT2D eigenvalue weighted by Crippen LogP contribution is 2.43. The fourth-order valence-corrected chi connectivity index (χ4v) is 9.91. The summed E-state index contributed by atoms with van der Waals surface area (Å²) in [5, 5.41) is 19.8. The number of hydrogen-bond acceptors (Lipinski definition) is 2. The fourth-order valence-electron chi connectivity index (χ4n) is 9.91. The molecule has 9 aromatic carbocycles. The summed E-state index contributed by atoms with van der Waals surface area (Å²) in [5.41, 5.74) is 14.3. The minimum atomic E-state index is 0.600. The molecule has 0 unspecified atom stereocenters. The molecule has 0 bridgehead atoms. The van der Waals surface area contributed by atoms with Gasteiger partial charge in [0.25, 0.3) is 0 Å². The molecule has 0 amide bonds. The van der Waals surface area contributed by atoms with E-state index in [1.807, 2.05) is 24.3 Å². The summed E-state index contributed by atoms with van der Waals surface area (Å²) in [7, 11) is 0. The van der Waals surface area contributed by atoms with Crippen LogP contribution in [0.1, 0.15) is 5.56 Å². The summed E-state index contributed by atoms with van der Waals surface area (Å²) < 4.78 is 13.4. The van der Waals surface area contributed by atoms with E-state index in [9.17, 15) is 5.26 Å². The van der Waals surface area contributed by atoms with E-state index in [1.165, 1.54) is 32.6 Å². The van der Waals surface area contributed by atoms with Crippen molar-refractivity contribution in [2.24, 2.45) is 0 Å². The largest absolute Gasteiger partial charge is 0.456 e. The van der Waals surface area contributed by atoms with Crippen molar-refractivity contribution in [3.8, 4) is 34.3 Å². The molecule has 4 aromatic heterocycles. The normalized spacial score (nSPS) is 12.0. The van der Waals surface area contributed by atoms with E-state index in [2.05, 4.69) is 190 Å². The van der Waals surface area contributed by atoms with Gasteiger partial charge < -0.3 is 18.1 Å². The summed E-state index contributed by atoms with van der Waals surface area (Å²) in [4.78, 5) is 0. The molecule has 0 atom stereocenters. The van der Waals surface area contributed by atoms with Gasteiger partial charge in [0.05, 0.1) is 44.7 Å². The first-order valence-electron chi connectivity index (χ1n) is 20.2. The summed E-state index contributed by atoms with van der Waals surface area (Å²) in [5.74, 6) is 0. The Morgan fingerprint density at radius 2 is 0.900 bits per heavy atom. The summed E-state index contributed by atoms with van der Waals surface area (Å²) in [6.07, 6.45) is 0. The first-order chi connectivity index (χ1) is 29.7. The standard InChI is InChI=1S/C55H32N4O/c56-33-34-27-36(30-39(28-34)59-46-21-8-4-17-40(46)44-32-53-45(31-51(44)59)41-18-7-11-24-52(41)60-53)35-13-12-16-38(29-35)58-48-23-10-6-20-43(48)55-50(58)26-25-49-54(55)42-19-5-9-22-47(42)57(49)37-14-2-1-3-15-37/h1-32H. The Morgan fingerprint density at radius 1 is 0.333 bits per heavy atom. The number of aromatic nitrogens is 3. The molecule has 60 heavy (non-hydrogen) atoms. The van der Waals surface area contributed by atoms with Gasteiger partial charge in [-0.3, -0.25) is 0 Å². The zero-order valence-electron chi connectivity index (χ0n) is 32.2. The second-order valence-electron chi connectivity index (χ2n) is 15.6. The van der Waals surface area contributed by atoms with Crippen molar-refractivity contribution in [1.82, 2.24) is 13.7 Å². The highest BCUT2D eigenvalue weighted by Gasteiger charge is 2.21. The quantitative estimate of drug-likeness (QED) is 0.179. The van der Waals surface area contributed by atoms with E-state index in [0.717, 1.165) is 83.0 Å². The molecule has 0 fully saturated rings. The van der Waals surface area contributed by atoms with Crippen LogP contribution in [-0.2, 0) is 0 Å². The number of furan rings is 1. The lowest BCUT2D eigenvalue weighted by Gasteiger charge is -2.13. The summed E-state index contributed by atoms with van der Waals surface area (Å²) in [6.45, 7) is 0. The molecule has 13 rings (SSSR count). The van der Waals surface area contributed by atoms with E-state index in [4.69, 9.17) is 4.42 Å². The van der Waals surface area contributed by atoms with Gasteiger partial charge in [0.1, 0.15) is 11.2 Å². The van der Waals surface area contributed by atoms with Crippen molar-refractivity contribution in [3.63, 3.8) is 0 Å². The highest BCUT2D eigenvalue weighted by atomic mass is 16.3. The third kappa shape index (κ3) is 4.56. The van der Waals surface area contributed by atoms with Crippen molar-refractivity contribution in [1.29, 1.82) is 5.26 Å². The Labute approximate surface area is 343 Å². The average Bonchev–Trinajstić information content (AvgIpc) is 4.04. The van der Waals surface area contributed by atoms with Gasteiger partial charge in [-0.25, -0.2) is 0 Å². The maximum Gasteiger partial charge on any atom is 0.136 e. The number of para-hydroxylation sites is 5. The van der Waals surface area contributed by atoms with Gasteiger partial charge in [-0.15, -0.1) is 0 Å². The van der Waals surface area contributed by atoms with E-state index >= 15 is 0 Å². The van der Waals surface area contributed by atoms with E-state index in [0.29, 0.717) is 5.56 Å². The van der Waals surface area contributed by atoms with Gasteiger partial charge in [0.2, 0.25) is 0 Å². The van der Waals surface area contributed by atoms with Crippen LogP contribution >= 0.6 is 0 Å². The van der Waals surface area contributed by atoms with Crippen LogP contribution in [0.25, 0.3) is 116 Å². The molecular formula is C55H32N4O. The van der Waals surface area contributed by atoms with Crippen molar-refractivity contribution in [2.45, 2.75) is 0 Å². The van der Waals surface area contributed by atoms with Gasteiger partial charge in [-0.1, -0.05) is 103 Å². The molecule has 0 aliphatic rings. The molecule has 0 N–H and O–H groups in total. The fraction of sp³-hybridized carbons (Fsp3) is 0. The maximum absolute atomic E-state index is 10.5. The van der Waals surface area contributed by atoms with Crippen LogP contribution < -0.4 is 0 Å². The first-order valence-corrected chi connectivity index (χ1v) is 20.2. The van der Waals surface area contributed by atoms with Crippen LogP contribution in [0.5, 0.6) is 0 Å². The number of hydrogen-bond donors (Lipinski definition) is 0. The van der Waals surface area contributed by atoms with Crippen LogP contribution in [0.2, 0.25) is 0 Å². The third-order valence-electron chi connectivity index (χ3n) is 12.4. The number of benzene rings is 9. The molecule has 0 radical (unpaired) electrons. The average molecular weight is 765 g/mol. The van der Waals surface area contributed by atoms with Gasteiger partial charge in [0, 0.05) is 60.2 Å². The van der Waals surface area contributed by atoms with Crippen molar-refractivity contribution in [2.75, 3.05) is 0 Å². The number of nitriles is 1. The molecule has 0 saturated carbocycles. The van der Waals surface area contributed by atoms with E-state index < -0.39 is 0 Å². The summed E-state index contributed by atoms with van der Waals surface area (Å²) in [6, 6.07) is 71.2. The molecule has 0 aliphatic heterocycles. The SMILES string of the molecule is N#Cc1cc(-c2cccc(-n3c4ccccc4c4c5c6ccccc6n(-c6ccccc6)c5ccc43)c2)cc(-n2c3ccccc3c3cc4oc5ccccc5c4cc32)c1. The van der Waals surface area contributed by atoms with Crippen LogP contribution in [-0.4, -0.2) is 13.7 Å². The van der Waals surface area contributed by atoms with Crippen LogP contribution in [0.4, 0.5) is 0 Å². The Bertz CT molecular complexity index is 3960. The van der Waals surface area contributed by atoms with Crippen LogP contribution in [0.15, 0.2) is 199 Å². The predicted molar refractivity (Wildman–Crippen MR) is 247 cm³/mol. The smallest absolute Gasteiger partial charge is 0.136 e. The Morgan fingerprint density at radius 3 is 1.62 bits per heavy atom. The Kier molecular flexibility index (Phi) is 6.73. The highest BCUT2D eigenvalue weighted by molar-refractivity contribution is 6.29. The minimum Gasteiger partial charge on any atom is -0.456 e. The molecule has 278 valence electrons. The molecule has 5 nitrogen and oxygen atoms in total. The van der Waals surface area contributed by atoms with Crippen LogP contribution in [0, 0.1) is 11.3 Å². The van der Waals surface area contributed by atoms with Crippen LogP contribution in [0.3, 0.4) is 0 Å². The zero-order chi connectivity index (χ0) is 39.5. The lowest BCUT2D eigenvalue weighted by Crippen LogP contribution is -1.97. The van der Waals surface area contributed by atoms with Gasteiger partial charge >= 0.3 is 0 Å². The van der Waals surface area contributed by atoms with Gasteiger partial charge in [-0.05, 0) is 102 Å². The monoisotopic (exact) mass is 764 g/mol. The summed E-state index contributed by atoms with van der Waals surface area (Å²) >= 11 is 0. The molecular weight excluding hydrogens is 733 g/mol. The Balaban J connectivity index is 1.03. The second-order valence-corrected chi connectivity index (χ2v) is 15.6. The topological polar surface area (TPSA) is 51.7 Å². The molecule has 13 aromatic rings. The molecule has 0 spiro atoms. The lowest BCUT2D eigenvalue weighted by atomic mass is 10.0. The molecule has 5 heteroatoms. The first kappa shape index (κ1) is 32.7. The van der Waals surface area contributed by atoms with Gasteiger partial charge in [-0.2, -0.15) is 5.26 Å². The second kappa shape index (κ2) is 12.3. The number of nitrogens with zero attached hydrogens (tertiary/aromatic N) is 4. The Hall–Kier alpha value is -8.33. The molecule has 0 aliphatic carbocycles. The van der Waals surface area contributed by atoms with Crippen molar-refractivity contribution in [3.05, 3.63) is 200 Å². The predicted octanol–water partition coefficient (Wildman–Crippen LogP) is 14.4. The van der Waals surface area contributed by atoms with Gasteiger partial charge in [0.15, 0.2) is 0 Å². The minimum absolute atomic E-state index is 0.600. The van der Waals surface area contributed by atoms with Crippen molar-refractivity contribution >= 4 is 87.4 Å². The zero-order valence-corrected chi connectivity index (χ0v) is 32.2. The van der Waals surface area contributed by atoms with Crippen molar-refractivity contribution < 1.29 is 4.42 Å². The lowest BCUT2D eigenvalue weighted by molar-refractivity contribution is 0.669. The molecule has 0 saturated heterocycles. The maximum atomic E-state index is 10.5. The van der Waals surface area contributed by atoms with E-state index in [1.54, 1.807) is 0 Å². The third-order valence-corrected chi connectivity index (χ3v) is 12.4.